The molecule has 1 N–H and O–H groups in total. The molecule has 0 aromatic heterocycles. The Labute approximate surface area is 154 Å². The number of Topliss-reactive ketones (excluding diaryl/α,β-unsaturated/α-hetero) is 1. The molecule has 1 heterocycles. The van der Waals surface area contributed by atoms with Crippen LogP contribution in [0.2, 0.25) is 0 Å². The van der Waals surface area contributed by atoms with Crippen molar-refractivity contribution in [2.75, 3.05) is 0 Å². The highest BCUT2D eigenvalue weighted by Crippen LogP contribution is 2.30. The number of aryl methyl sites for hydroxylation is 1. The maximum atomic E-state index is 12.8. The van der Waals surface area contributed by atoms with Crippen LogP contribution in [0.5, 0.6) is 0 Å². The van der Waals surface area contributed by atoms with Crippen molar-refractivity contribution in [3.8, 4) is 12.3 Å². The minimum Gasteiger partial charge on any atom is -0.296 e. The largest absolute Gasteiger partial charge is 0.296 e. The molecule has 2 amide bonds. The van der Waals surface area contributed by atoms with Crippen LogP contribution in [0, 0.1) is 18.3 Å². The van der Waals surface area contributed by atoms with Crippen LogP contribution in [0.3, 0.4) is 0 Å². The second-order valence-electron chi connectivity index (χ2n) is 6.22. The molecule has 0 saturated carbocycles. The molecule has 1 unspecified atom stereocenters. The maximum absolute atomic E-state index is 12.8. The monoisotopic (exact) mass is 353 g/mol. The molecule has 1 aliphatic heterocycles. The highest BCUT2D eigenvalue weighted by molar-refractivity contribution is 6.26. The first-order valence-electron chi connectivity index (χ1n) is 8.57. The minimum absolute atomic E-state index is 0. The van der Waals surface area contributed by atoms with Gasteiger partial charge in [0.15, 0.2) is 11.6 Å². The van der Waals surface area contributed by atoms with Crippen LogP contribution in [0.4, 0.5) is 0 Å². The smallest absolute Gasteiger partial charge is 0.234 e. The van der Waals surface area contributed by atoms with Crippen LogP contribution < -0.4 is 5.32 Å². The molecule has 1 fully saturated rings. The van der Waals surface area contributed by atoms with Gasteiger partial charge < -0.3 is 0 Å². The topological polar surface area (TPSA) is 80.3 Å². The molecular weight excluding hydrogens is 330 g/mol. The number of hydrogen-bond acceptors (Lipinski definition) is 4. The maximum Gasteiger partial charge on any atom is 0.234 e. The van der Waals surface area contributed by atoms with E-state index >= 15 is 0 Å². The number of carbonyl (C=O) groups is 4. The Balaban J connectivity index is 0.000000855. The lowest BCUT2D eigenvalue weighted by Gasteiger charge is -2.25. The number of fused-ring (bicyclic) bond motifs is 1. The predicted octanol–water partition coefficient (Wildman–Crippen LogP) is 2.88. The summed E-state index contributed by atoms with van der Waals surface area (Å²) in [4.78, 5) is 48.3. The number of hydrogen-bond donors (Lipinski definition) is 1. The summed E-state index contributed by atoms with van der Waals surface area (Å²) in [6, 6.07) is 5.29. The molecule has 136 valence electrons. The molecule has 3 rings (SSSR count). The Hall–Kier alpha value is -3.00. The van der Waals surface area contributed by atoms with E-state index in [2.05, 4.69) is 17.7 Å². The molecular formula is C21H23NO4. The number of terminal acetylenes is 1. The van der Waals surface area contributed by atoms with E-state index in [0.717, 1.165) is 18.4 Å². The lowest BCUT2D eigenvalue weighted by molar-refractivity contribution is -0.135. The third-order valence-electron chi connectivity index (χ3n) is 4.30. The number of nitrogens with one attached hydrogen (secondary N) is 1. The molecule has 0 spiro atoms. The van der Waals surface area contributed by atoms with E-state index in [-0.39, 0.29) is 37.3 Å². The quantitative estimate of drug-likeness (QED) is 0.669. The first-order valence-corrected chi connectivity index (χ1v) is 8.57. The van der Waals surface area contributed by atoms with E-state index in [4.69, 9.17) is 0 Å². The van der Waals surface area contributed by atoms with E-state index in [1.54, 1.807) is 19.1 Å². The zero-order valence-corrected chi connectivity index (χ0v) is 14.9. The number of piperidine rings is 1. The third kappa shape index (κ3) is 3.97. The lowest BCUT2D eigenvalue weighted by atomic mass is 9.79. The number of allylic oxidation sites excluding steroid dienone is 1. The Bertz CT molecular complexity index is 848. The molecule has 5 nitrogen and oxygen atoms in total. The zero-order chi connectivity index (χ0) is 19.3. The van der Waals surface area contributed by atoms with Gasteiger partial charge in [-0.3, -0.25) is 24.5 Å². The fourth-order valence-corrected chi connectivity index (χ4v) is 3.13. The van der Waals surface area contributed by atoms with Crippen molar-refractivity contribution < 1.29 is 20.6 Å². The summed E-state index contributed by atoms with van der Waals surface area (Å²) < 4.78 is 0. The second-order valence-corrected chi connectivity index (χ2v) is 6.22. The van der Waals surface area contributed by atoms with Gasteiger partial charge in [-0.1, -0.05) is 25.5 Å². The van der Waals surface area contributed by atoms with Gasteiger partial charge in [-0.15, -0.1) is 12.3 Å². The molecule has 5 heteroatoms. The van der Waals surface area contributed by atoms with E-state index in [9.17, 15) is 19.2 Å². The van der Waals surface area contributed by atoms with Gasteiger partial charge >= 0.3 is 0 Å². The molecule has 26 heavy (non-hydrogen) atoms. The zero-order valence-electron chi connectivity index (χ0n) is 14.9. The Morgan fingerprint density at radius 2 is 1.92 bits per heavy atom. The van der Waals surface area contributed by atoms with Gasteiger partial charge in [0.1, 0.15) is 0 Å². The summed E-state index contributed by atoms with van der Waals surface area (Å²) in [5.74, 6) is 0.135. The summed E-state index contributed by atoms with van der Waals surface area (Å²) in [5, 5.41) is 2.24. The van der Waals surface area contributed by atoms with Crippen LogP contribution in [0.1, 0.15) is 60.8 Å². The molecule has 1 aromatic rings. The first kappa shape index (κ1) is 19.3. The SMILES string of the molecule is C#CC.CCCc1ccc2c(c1)C(=O)C(C1CCC(=O)NC1=O)=CC2=O.[HH]. The summed E-state index contributed by atoms with van der Waals surface area (Å²) in [5.41, 5.74) is 1.94. The van der Waals surface area contributed by atoms with Gasteiger partial charge in [0.05, 0.1) is 5.92 Å². The summed E-state index contributed by atoms with van der Waals surface area (Å²) in [7, 11) is 0. The van der Waals surface area contributed by atoms with Crippen LogP contribution in [0.25, 0.3) is 0 Å². The van der Waals surface area contributed by atoms with Crippen LogP contribution in [-0.2, 0) is 16.0 Å². The van der Waals surface area contributed by atoms with Crippen molar-refractivity contribution >= 4 is 23.4 Å². The molecule has 1 aliphatic carbocycles. The van der Waals surface area contributed by atoms with Gasteiger partial charge in [0.25, 0.3) is 0 Å². The molecule has 0 bridgehead atoms. The highest BCUT2D eigenvalue weighted by Gasteiger charge is 2.36. The van der Waals surface area contributed by atoms with Gasteiger partial charge in [-0.25, -0.2) is 0 Å². The standard InChI is InChI=1S/C18H17NO4.C3H4.H2/c1-2-3-10-4-5-11-13(8-10)17(22)14(9-15(11)20)12-6-7-16(21)19-18(12)23;1-3-2;/h4-5,8-9,12H,2-3,6-7H2,1H3,(H,19,21,23);1H,2H3;1H. The fourth-order valence-electron chi connectivity index (χ4n) is 3.13. The number of ketones is 2. The molecule has 1 saturated heterocycles. The number of amides is 2. The van der Waals surface area contributed by atoms with Crippen molar-refractivity contribution in [1.82, 2.24) is 5.32 Å². The summed E-state index contributed by atoms with van der Waals surface area (Å²) in [6.45, 7) is 3.70. The molecule has 1 atom stereocenters. The average molecular weight is 353 g/mol. The van der Waals surface area contributed by atoms with Crippen LogP contribution in [-0.4, -0.2) is 23.4 Å². The van der Waals surface area contributed by atoms with E-state index in [1.165, 1.54) is 6.08 Å². The Morgan fingerprint density at radius 1 is 1.23 bits per heavy atom. The van der Waals surface area contributed by atoms with Gasteiger partial charge in [-0.2, -0.15) is 0 Å². The van der Waals surface area contributed by atoms with Gasteiger partial charge in [-0.05, 0) is 37.5 Å². The van der Waals surface area contributed by atoms with Crippen LogP contribution >= 0.6 is 0 Å². The minimum atomic E-state index is -0.730. The normalized spacial score (nSPS) is 18.8. The van der Waals surface area contributed by atoms with Gasteiger partial charge in [0, 0.05) is 24.5 Å². The fraction of sp³-hybridized carbons (Fsp3) is 0.333. The first-order chi connectivity index (χ1) is 12.4. The van der Waals surface area contributed by atoms with Gasteiger partial charge in [0.2, 0.25) is 11.8 Å². The van der Waals surface area contributed by atoms with Crippen LogP contribution in [0.15, 0.2) is 29.8 Å². The van der Waals surface area contributed by atoms with Crippen molar-refractivity contribution in [3.05, 3.63) is 46.5 Å². The molecule has 0 radical (unpaired) electrons. The average Bonchev–Trinajstić information content (AvgIpc) is 2.59. The summed E-state index contributed by atoms with van der Waals surface area (Å²) in [6.07, 6.45) is 8.06. The van der Waals surface area contributed by atoms with Crippen molar-refractivity contribution in [3.63, 3.8) is 0 Å². The van der Waals surface area contributed by atoms with Crippen molar-refractivity contribution in [2.45, 2.75) is 39.5 Å². The molecule has 1 aromatic carbocycles. The van der Waals surface area contributed by atoms with E-state index < -0.39 is 11.8 Å². The molecule has 2 aliphatic rings. The van der Waals surface area contributed by atoms with Crippen molar-refractivity contribution in [1.29, 1.82) is 0 Å². The number of imide groups is 1. The highest BCUT2D eigenvalue weighted by atomic mass is 16.2. The second kappa shape index (κ2) is 8.39. The number of benzene rings is 1. The van der Waals surface area contributed by atoms with E-state index in [0.29, 0.717) is 11.1 Å². The Morgan fingerprint density at radius 3 is 2.54 bits per heavy atom. The number of carbonyl (C=O) groups excluding carboxylic acids is 4. The van der Waals surface area contributed by atoms with E-state index in [1.807, 2.05) is 13.0 Å². The Kier molecular flexibility index (Phi) is 6.24. The predicted molar refractivity (Wildman–Crippen MR) is 99.7 cm³/mol. The number of rotatable bonds is 3. The third-order valence-corrected chi connectivity index (χ3v) is 4.30. The summed E-state index contributed by atoms with van der Waals surface area (Å²) >= 11 is 0. The lowest BCUT2D eigenvalue weighted by Crippen LogP contribution is -2.43. The van der Waals surface area contributed by atoms with Crippen molar-refractivity contribution in [2.24, 2.45) is 5.92 Å².